The van der Waals surface area contributed by atoms with E-state index in [-0.39, 0.29) is 12.0 Å². The van der Waals surface area contributed by atoms with Gasteiger partial charge in [0.25, 0.3) is 0 Å². The van der Waals surface area contributed by atoms with Crippen molar-refractivity contribution in [3.8, 4) is 0 Å². The number of hydrogen-bond donors (Lipinski definition) is 0. The molecule has 0 unspecified atom stereocenters. The summed E-state index contributed by atoms with van der Waals surface area (Å²) in [6, 6.07) is 6.07. The molecule has 1 fully saturated rings. The number of rotatable bonds is 2. The number of aromatic nitrogens is 1. The molecule has 1 saturated heterocycles. The molecule has 4 nitrogen and oxygen atoms in total. The van der Waals surface area contributed by atoms with E-state index >= 15 is 0 Å². The van der Waals surface area contributed by atoms with Crippen LogP contribution >= 0.6 is 11.6 Å². The normalized spacial score (nSPS) is 15.2. The van der Waals surface area contributed by atoms with Crippen LogP contribution in [0.5, 0.6) is 0 Å². The number of likely N-dealkylation sites (tertiary alicyclic amines) is 1. The molecule has 0 atom stereocenters. The first-order chi connectivity index (χ1) is 11.7. The van der Waals surface area contributed by atoms with E-state index in [1.165, 1.54) is 5.56 Å². The van der Waals surface area contributed by atoms with Gasteiger partial charge in [-0.1, -0.05) is 35.9 Å². The number of benzene rings is 1. The number of amides is 1. The third-order valence-electron chi connectivity index (χ3n) is 4.33. The Balaban J connectivity index is 1.86. The molecular formula is C20H23ClN2O2. The van der Waals surface area contributed by atoms with Crippen LogP contribution in [-0.4, -0.2) is 34.7 Å². The summed E-state index contributed by atoms with van der Waals surface area (Å²) in [6.07, 6.45) is 1.56. The van der Waals surface area contributed by atoms with E-state index in [9.17, 15) is 4.79 Å². The Bertz CT molecular complexity index is 849. The highest BCUT2D eigenvalue weighted by atomic mass is 35.5. The number of carbonyl (C=O) groups is 1. The van der Waals surface area contributed by atoms with Gasteiger partial charge in [0.15, 0.2) is 0 Å². The molecule has 0 bridgehead atoms. The Kier molecular flexibility index (Phi) is 4.50. The number of pyridine rings is 1. The van der Waals surface area contributed by atoms with Crippen molar-refractivity contribution in [1.29, 1.82) is 0 Å². The lowest BCUT2D eigenvalue weighted by Gasteiger charge is -2.40. The van der Waals surface area contributed by atoms with Crippen molar-refractivity contribution in [3.63, 3.8) is 0 Å². The molecule has 0 radical (unpaired) electrons. The Hall–Kier alpha value is -2.07. The molecule has 0 aliphatic carbocycles. The minimum absolute atomic E-state index is 0.257. The van der Waals surface area contributed by atoms with Crippen molar-refractivity contribution in [2.45, 2.75) is 39.2 Å². The zero-order chi connectivity index (χ0) is 18.4. The van der Waals surface area contributed by atoms with Crippen LogP contribution in [0.25, 0.3) is 16.3 Å². The van der Waals surface area contributed by atoms with Crippen LogP contribution < -0.4 is 0 Å². The van der Waals surface area contributed by atoms with Gasteiger partial charge in [0.1, 0.15) is 10.8 Å². The molecule has 0 saturated carbocycles. The van der Waals surface area contributed by atoms with Crippen molar-refractivity contribution >= 4 is 34.0 Å². The molecular weight excluding hydrogens is 336 g/mol. The van der Waals surface area contributed by atoms with E-state index in [0.29, 0.717) is 18.2 Å². The first-order valence-corrected chi connectivity index (χ1v) is 8.75. The van der Waals surface area contributed by atoms with Gasteiger partial charge in [-0.3, -0.25) is 0 Å². The number of nitrogens with zero attached hydrogens (tertiary/aromatic N) is 2. The van der Waals surface area contributed by atoms with Gasteiger partial charge < -0.3 is 9.64 Å². The summed E-state index contributed by atoms with van der Waals surface area (Å²) in [5.41, 5.74) is 2.77. The minimum Gasteiger partial charge on any atom is -0.444 e. The quantitative estimate of drug-likeness (QED) is 0.688. The Morgan fingerprint density at radius 2 is 2.00 bits per heavy atom. The molecule has 2 heterocycles. The van der Waals surface area contributed by atoms with Gasteiger partial charge in [-0.05, 0) is 50.3 Å². The maximum Gasteiger partial charge on any atom is 0.410 e. The van der Waals surface area contributed by atoms with E-state index in [1.807, 2.05) is 40.0 Å². The highest BCUT2D eigenvalue weighted by Gasteiger charge is 2.35. The lowest BCUT2D eigenvalue weighted by Crippen LogP contribution is -2.50. The predicted molar refractivity (Wildman–Crippen MR) is 102 cm³/mol. The molecule has 132 valence electrons. The summed E-state index contributed by atoms with van der Waals surface area (Å²) < 4.78 is 5.43. The second-order valence-electron chi connectivity index (χ2n) is 7.62. The highest BCUT2D eigenvalue weighted by Crippen LogP contribution is 2.36. The number of carbonyl (C=O) groups excluding carboxylic acids is 1. The summed E-state index contributed by atoms with van der Waals surface area (Å²) >= 11 is 6.09. The fourth-order valence-electron chi connectivity index (χ4n) is 3.11. The molecule has 0 spiro atoms. The summed E-state index contributed by atoms with van der Waals surface area (Å²) in [5, 5.41) is 2.59. The first-order valence-electron chi connectivity index (χ1n) is 8.37. The van der Waals surface area contributed by atoms with Crippen molar-refractivity contribution in [1.82, 2.24) is 9.88 Å². The predicted octanol–water partition coefficient (Wildman–Crippen LogP) is 5.26. The van der Waals surface area contributed by atoms with Crippen molar-refractivity contribution in [2.24, 2.45) is 0 Å². The fraction of sp³-hybridized carbons (Fsp3) is 0.400. The van der Waals surface area contributed by atoms with Crippen LogP contribution in [0.15, 0.2) is 31.0 Å². The van der Waals surface area contributed by atoms with E-state index in [4.69, 9.17) is 16.3 Å². The van der Waals surface area contributed by atoms with Gasteiger partial charge in [0, 0.05) is 30.6 Å². The van der Waals surface area contributed by atoms with Crippen molar-refractivity contribution in [2.75, 3.05) is 13.1 Å². The van der Waals surface area contributed by atoms with Crippen molar-refractivity contribution < 1.29 is 9.53 Å². The molecule has 1 aliphatic rings. The third kappa shape index (κ3) is 3.64. The minimum atomic E-state index is -0.474. The third-order valence-corrected chi connectivity index (χ3v) is 4.54. The maximum absolute atomic E-state index is 12.1. The zero-order valence-corrected chi connectivity index (χ0v) is 15.9. The van der Waals surface area contributed by atoms with E-state index in [2.05, 4.69) is 23.7 Å². The lowest BCUT2D eigenvalue weighted by molar-refractivity contribution is 0.00830. The van der Waals surface area contributed by atoms with Crippen LogP contribution in [0.2, 0.25) is 5.15 Å². The summed E-state index contributed by atoms with van der Waals surface area (Å²) in [7, 11) is 0. The number of halogens is 1. The lowest BCUT2D eigenvalue weighted by atomic mass is 9.86. The monoisotopic (exact) mass is 358 g/mol. The van der Waals surface area contributed by atoms with Crippen LogP contribution in [-0.2, 0) is 4.74 Å². The largest absolute Gasteiger partial charge is 0.444 e. The molecule has 1 amide bonds. The number of allylic oxidation sites excluding steroid dienone is 1. The van der Waals surface area contributed by atoms with E-state index < -0.39 is 5.60 Å². The summed E-state index contributed by atoms with van der Waals surface area (Å²) in [5.74, 6) is 0.275. The second-order valence-corrected chi connectivity index (χ2v) is 8.00. The number of fused-ring (bicyclic) bond motifs is 1. The molecule has 1 aromatic heterocycles. The van der Waals surface area contributed by atoms with Gasteiger partial charge >= 0.3 is 6.09 Å². The molecule has 2 aromatic rings. The maximum atomic E-state index is 12.1. The average molecular weight is 359 g/mol. The molecule has 1 aromatic carbocycles. The highest BCUT2D eigenvalue weighted by molar-refractivity contribution is 6.30. The van der Waals surface area contributed by atoms with Crippen molar-refractivity contribution in [3.05, 3.63) is 47.3 Å². The number of ether oxygens (including phenoxy) is 1. The van der Waals surface area contributed by atoms with E-state index in [1.54, 1.807) is 4.90 Å². The standard InChI is InChI=1S/C20H23ClN2O2/c1-12(2)14-6-7-15(17-9-22-18(21)8-16(14)17)13-10-23(11-13)19(24)25-20(3,4)5/h6-9,13H,1,10-11H2,2-5H3. The molecule has 25 heavy (non-hydrogen) atoms. The van der Waals surface area contributed by atoms with Gasteiger partial charge in [-0.15, -0.1) is 0 Å². The van der Waals surface area contributed by atoms with Crippen LogP contribution in [0, 0.1) is 0 Å². The first kappa shape index (κ1) is 17.7. The Morgan fingerprint density at radius 3 is 2.60 bits per heavy atom. The summed E-state index contributed by atoms with van der Waals surface area (Å²) in [6.45, 7) is 13.0. The Labute approximate surface area is 153 Å². The van der Waals surface area contributed by atoms with Gasteiger partial charge in [-0.25, -0.2) is 9.78 Å². The second kappa shape index (κ2) is 6.34. The van der Waals surface area contributed by atoms with Gasteiger partial charge in [0.2, 0.25) is 0 Å². The topological polar surface area (TPSA) is 42.4 Å². The van der Waals surface area contributed by atoms with Gasteiger partial charge in [0.05, 0.1) is 0 Å². The smallest absolute Gasteiger partial charge is 0.410 e. The number of hydrogen-bond acceptors (Lipinski definition) is 3. The Morgan fingerprint density at radius 1 is 1.32 bits per heavy atom. The van der Waals surface area contributed by atoms with Crippen LogP contribution in [0.3, 0.4) is 0 Å². The fourth-order valence-corrected chi connectivity index (χ4v) is 3.27. The molecule has 0 N–H and O–H groups in total. The van der Waals surface area contributed by atoms with Crippen LogP contribution in [0.4, 0.5) is 4.79 Å². The average Bonchev–Trinajstić information content (AvgIpc) is 2.43. The molecule has 5 heteroatoms. The molecule has 1 aliphatic heterocycles. The molecule has 3 rings (SSSR count). The zero-order valence-electron chi connectivity index (χ0n) is 15.1. The van der Waals surface area contributed by atoms with E-state index in [0.717, 1.165) is 21.9 Å². The van der Waals surface area contributed by atoms with Crippen LogP contribution in [0.1, 0.15) is 44.7 Å². The SMILES string of the molecule is C=C(C)c1ccc(C2CN(C(=O)OC(C)(C)C)C2)c2cnc(Cl)cc12. The van der Waals surface area contributed by atoms with Gasteiger partial charge in [-0.2, -0.15) is 0 Å². The summed E-state index contributed by atoms with van der Waals surface area (Å²) in [4.78, 5) is 18.1.